The summed E-state index contributed by atoms with van der Waals surface area (Å²) in [4.78, 5) is 11.2. The second kappa shape index (κ2) is 2.87. The predicted molar refractivity (Wildman–Crippen MR) is 51.0 cm³/mol. The highest BCUT2D eigenvalue weighted by atomic mass is 16.4. The van der Waals surface area contributed by atoms with Crippen LogP contribution in [0, 0.1) is 11.8 Å². The molecule has 0 radical (unpaired) electrons. The first kappa shape index (κ1) is 9.31. The van der Waals surface area contributed by atoms with Gasteiger partial charge in [-0.05, 0) is 30.4 Å². The Bertz CT molecular complexity index is 339. The van der Waals surface area contributed by atoms with Gasteiger partial charge in [-0.15, -0.1) is 0 Å². The van der Waals surface area contributed by atoms with E-state index >= 15 is 0 Å². The van der Waals surface area contributed by atoms with Gasteiger partial charge < -0.3 is 9.52 Å². The molecule has 76 valence electrons. The van der Waals surface area contributed by atoms with Crippen molar-refractivity contribution in [2.24, 2.45) is 11.8 Å². The van der Waals surface area contributed by atoms with Crippen molar-refractivity contribution in [2.75, 3.05) is 0 Å². The monoisotopic (exact) mass is 194 g/mol. The maximum Gasteiger partial charge on any atom is 0.317 e. The molecule has 0 aromatic carbocycles. The highest BCUT2D eigenvalue weighted by Crippen LogP contribution is 2.58. The highest BCUT2D eigenvalue weighted by Gasteiger charge is 2.64. The lowest BCUT2D eigenvalue weighted by atomic mass is 9.95. The maximum absolute atomic E-state index is 11.2. The summed E-state index contributed by atoms with van der Waals surface area (Å²) in [5.74, 6) is 0.442. The number of furan rings is 1. The van der Waals surface area contributed by atoms with E-state index in [-0.39, 0.29) is 5.92 Å². The summed E-state index contributed by atoms with van der Waals surface area (Å²) >= 11 is 0. The van der Waals surface area contributed by atoms with Gasteiger partial charge in [0, 0.05) is 0 Å². The van der Waals surface area contributed by atoms with Crippen molar-refractivity contribution in [1.82, 2.24) is 0 Å². The minimum atomic E-state index is -0.758. The average Bonchev–Trinajstić information content (AvgIpc) is 2.66. The highest BCUT2D eigenvalue weighted by molar-refractivity contribution is 5.85. The van der Waals surface area contributed by atoms with Crippen LogP contribution in [0.15, 0.2) is 22.8 Å². The van der Waals surface area contributed by atoms with Gasteiger partial charge in [-0.3, -0.25) is 4.79 Å². The van der Waals surface area contributed by atoms with Crippen LogP contribution in [0.4, 0.5) is 0 Å². The summed E-state index contributed by atoms with van der Waals surface area (Å²) in [5, 5.41) is 9.23. The number of carbonyl (C=O) groups is 1. The predicted octanol–water partition coefficient (Wildman–Crippen LogP) is 2.28. The summed E-state index contributed by atoms with van der Waals surface area (Å²) in [6, 6.07) is 3.51. The lowest BCUT2D eigenvalue weighted by molar-refractivity contribution is -0.141. The largest absolute Gasteiger partial charge is 0.480 e. The summed E-state index contributed by atoms with van der Waals surface area (Å²) in [6.45, 7) is 4.11. The fourth-order valence-electron chi connectivity index (χ4n) is 2.26. The molecule has 1 heterocycles. The molecule has 2 rings (SSSR count). The van der Waals surface area contributed by atoms with Crippen LogP contribution < -0.4 is 0 Å². The minimum absolute atomic E-state index is 0.214. The zero-order chi connectivity index (χ0) is 10.3. The fourth-order valence-corrected chi connectivity index (χ4v) is 2.26. The Morgan fingerprint density at radius 3 is 2.79 bits per heavy atom. The van der Waals surface area contributed by atoms with Crippen LogP contribution >= 0.6 is 0 Å². The first-order valence-electron chi connectivity index (χ1n) is 4.86. The summed E-state index contributed by atoms with van der Waals surface area (Å²) in [7, 11) is 0. The Kier molecular flexibility index (Phi) is 1.91. The normalized spacial score (nSPS) is 30.6. The molecule has 1 fully saturated rings. The van der Waals surface area contributed by atoms with Gasteiger partial charge in [0.1, 0.15) is 11.2 Å². The van der Waals surface area contributed by atoms with E-state index in [0.29, 0.717) is 18.1 Å². The van der Waals surface area contributed by atoms with E-state index in [9.17, 15) is 9.90 Å². The van der Waals surface area contributed by atoms with Crippen molar-refractivity contribution in [2.45, 2.75) is 25.7 Å². The molecule has 1 N–H and O–H groups in total. The molecule has 1 aromatic rings. The molecule has 0 saturated heterocycles. The van der Waals surface area contributed by atoms with Gasteiger partial charge in [-0.25, -0.2) is 0 Å². The molecule has 3 heteroatoms. The lowest BCUT2D eigenvalue weighted by Gasteiger charge is -2.11. The molecule has 2 unspecified atom stereocenters. The number of hydrogen-bond donors (Lipinski definition) is 1. The first-order valence-corrected chi connectivity index (χ1v) is 4.86. The van der Waals surface area contributed by atoms with Crippen LogP contribution in [0.1, 0.15) is 26.0 Å². The van der Waals surface area contributed by atoms with Crippen LogP contribution in [0.5, 0.6) is 0 Å². The Balaban J connectivity index is 2.33. The molecule has 1 aliphatic rings. The number of rotatable bonds is 3. The van der Waals surface area contributed by atoms with Crippen molar-refractivity contribution in [1.29, 1.82) is 0 Å². The molecule has 0 aliphatic heterocycles. The first-order chi connectivity index (χ1) is 6.59. The lowest BCUT2D eigenvalue weighted by Crippen LogP contribution is -2.23. The smallest absolute Gasteiger partial charge is 0.317 e. The van der Waals surface area contributed by atoms with Crippen LogP contribution in [0.2, 0.25) is 0 Å². The van der Waals surface area contributed by atoms with Gasteiger partial charge in [-0.2, -0.15) is 0 Å². The third kappa shape index (κ3) is 1.08. The zero-order valence-corrected chi connectivity index (χ0v) is 8.36. The van der Waals surface area contributed by atoms with E-state index < -0.39 is 11.4 Å². The average molecular weight is 194 g/mol. The molecule has 2 atom stereocenters. The van der Waals surface area contributed by atoms with Crippen LogP contribution in [-0.2, 0) is 10.2 Å². The fraction of sp³-hybridized carbons (Fsp3) is 0.545. The molecule has 1 saturated carbocycles. The quantitative estimate of drug-likeness (QED) is 0.803. The van der Waals surface area contributed by atoms with Crippen LogP contribution in [0.25, 0.3) is 0 Å². The Morgan fingerprint density at radius 1 is 1.71 bits per heavy atom. The van der Waals surface area contributed by atoms with E-state index in [1.807, 2.05) is 0 Å². The standard InChI is InChI=1S/C11H14O3/c1-7(2)8-6-11(8,10(12)13)9-4-3-5-14-9/h3-5,7-8H,6H2,1-2H3,(H,12,13). The van der Waals surface area contributed by atoms with E-state index in [1.54, 1.807) is 12.1 Å². The molecule has 3 nitrogen and oxygen atoms in total. The van der Waals surface area contributed by atoms with Gasteiger partial charge in [0.15, 0.2) is 0 Å². The number of carboxylic acids is 1. The second-order valence-electron chi connectivity index (χ2n) is 4.31. The van der Waals surface area contributed by atoms with Crippen molar-refractivity contribution >= 4 is 5.97 Å². The van der Waals surface area contributed by atoms with Gasteiger partial charge in [0.25, 0.3) is 0 Å². The third-order valence-electron chi connectivity index (χ3n) is 3.16. The van der Waals surface area contributed by atoms with Crippen LogP contribution in [0.3, 0.4) is 0 Å². The van der Waals surface area contributed by atoms with Crippen molar-refractivity contribution < 1.29 is 14.3 Å². The van der Waals surface area contributed by atoms with Crippen molar-refractivity contribution in [3.63, 3.8) is 0 Å². The molecule has 14 heavy (non-hydrogen) atoms. The van der Waals surface area contributed by atoms with Gasteiger partial charge in [0.05, 0.1) is 6.26 Å². The molecule has 0 amide bonds. The van der Waals surface area contributed by atoms with E-state index in [1.165, 1.54) is 6.26 Å². The number of aliphatic carboxylic acids is 1. The maximum atomic E-state index is 11.2. The molecular formula is C11H14O3. The van der Waals surface area contributed by atoms with Gasteiger partial charge in [-0.1, -0.05) is 13.8 Å². The Labute approximate surface area is 82.7 Å². The molecule has 1 aromatic heterocycles. The van der Waals surface area contributed by atoms with Gasteiger partial charge in [0.2, 0.25) is 0 Å². The number of carboxylic acid groups (broad SMARTS) is 1. The Hall–Kier alpha value is -1.25. The van der Waals surface area contributed by atoms with E-state index in [0.717, 1.165) is 0 Å². The molecule has 1 aliphatic carbocycles. The number of hydrogen-bond acceptors (Lipinski definition) is 2. The van der Waals surface area contributed by atoms with E-state index in [2.05, 4.69) is 13.8 Å². The summed E-state index contributed by atoms with van der Waals surface area (Å²) < 4.78 is 5.22. The molecule has 0 bridgehead atoms. The molecular weight excluding hydrogens is 180 g/mol. The Morgan fingerprint density at radius 2 is 2.43 bits per heavy atom. The SMILES string of the molecule is CC(C)C1CC1(C(=O)O)c1ccco1. The third-order valence-corrected chi connectivity index (χ3v) is 3.16. The summed E-state index contributed by atoms with van der Waals surface area (Å²) in [5.41, 5.74) is -0.738. The van der Waals surface area contributed by atoms with E-state index in [4.69, 9.17) is 4.42 Å². The minimum Gasteiger partial charge on any atom is -0.480 e. The van der Waals surface area contributed by atoms with Crippen molar-refractivity contribution in [3.05, 3.63) is 24.2 Å². The van der Waals surface area contributed by atoms with Gasteiger partial charge >= 0.3 is 5.97 Å². The van der Waals surface area contributed by atoms with Crippen molar-refractivity contribution in [3.8, 4) is 0 Å². The second-order valence-corrected chi connectivity index (χ2v) is 4.31. The molecule has 0 spiro atoms. The summed E-state index contributed by atoms with van der Waals surface area (Å²) in [6.07, 6.45) is 2.24. The van der Waals surface area contributed by atoms with Crippen LogP contribution in [-0.4, -0.2) is 11.1 Å². The topological polar surface area (TPSA) is 50.4 Å². The zero-order valence-electron chi connectivity index (χ0n) is 8.36.